The van der Waals surface area contributed by atoms with Gasteiger partial charge in [0, 0.05) is 24.0 Å². The van der Waals surface area contributed by atoms with Gasteiger partial charge in [0.25, 0.3) is 0 Å². The van der Waals surface area contributed by atoms with Crippen molar-refractivity contribution in [3.8, 4) is 11.3 Å². The van der Waals surface area contributed by atoms with Crippen molar-refractivity contribution in [2.75, 3.05) is 13.1 Å². The number of aromatic carboxylic acids is 1. The molecule has 0 saturated carbocycles. The molecular weight excluding hydrogens is 352 g/mol. The van der Waals surface area contributed by atoms with E-state index < -0.39 is 5.97 Å². The third kappa shape index (κ3) is 3.99. The molecule has 1 aliphatic heterocycles. The minimum atomic E-state index is -0.944. The van der Waals surface area contributed by atoms with Crippen molar-refractivity contribution in [1.82, 2.24) is 9.88 Å². The van der Waals surface area contributed by atoms with Crippen molar-refractivity contribution < 1.29 is 14.3 Å². The average Bonchev–Trinajstić information content (AvgIpc) is 3.16. The van der Waals surface area contributed by atoms with E-state index in [4.69, 9.17) is 4.42 Å². The Labute approximate surface area is 164 Å². The summed E-state index contributed by atoms with van der Waals surface area (Å²) in [6.07, 6.45) is 4.24. The third-order valence-electron chi connectivity index (χ3n) is 5.36. The Bertz CT molecular complexity index is 979. The number of hydrogen-bond donors (Lipinski definition) is 1. The molecule has 0 aliphatic carbocycles. The van der Waals surface area contributed by atoms with Gasteiger partial charge in [-0.3, -0.25) is 9.88 Å². The minimum absolute atomic E-state index is 0.259. The lowest BCUT2D eigenvalue weighted by atomic mass is 9.91. The van der Waals surface area contributed by atoms with Crippen molar-refractivity contribution in [3.05, 3.63) is 77.3 Å². The average molecular weight is 376 g/mol. The van der Waals surface area contributed by atoms with Gasteiger partial charge in [0.1, 0.15) is 11.5 Å². The van der Waals surface area contributed by atoms with Crippen molar-refractivity contribution in [3.63, 3.8) is 0 Å². The van der Waals surface area contributed by atoms with E-state index >= 15 is 0 Å². The number of carbonyl (C=O) groups is 1. The highest BCUT2D eigenvalue weighted by atomic mass is 16.4. The molecule has 0 amide bonds. The molecule has 28 heavy (non-hydrogen) atoms. The molecule has 2 aromatic heterocycles. The fourth-order valence-corrected chi connectivity index (χ4v) is 4.01. The lowest BCUT2D eigenvalue weighted by molar-refractivity contribution is 0.0697. The van der Waals surface area contributed by atoms with E-state index in [1.165, 1.54) is 12.0 Å². The zero-order chi connectivity index (χ0) is 19.5. The minimum Gasteiger partial charge on any atom is -0.478 e. The van der Waals surface area contributed by atoms with Gasteiger partial charge in [0.05, 0.1) is 12.1 Å². The zero-order valence-electron chi connectivity index (χ0n) is 16.0. The Morgan fingerprint density at radius 3 is 2.93 bits per heavy atom. The maximum Gasteiger partial charge on any atom is 0.336 e. The van der Waals surface area contributed by atoms with Gasteiger partial charge in [-0.1, -0.05) is 18.2 Å². The SMILES string of the molecule is Cc1cc([C@H]2CCCN(Cc3ccc(-c4ccccc4C(=O)O)o3)C2)ccn1. The monoisotopic (exact) mass is 376 g/mol. The number of carboxylic acid groups (broad SMARTS) is 1. The standard InChI is InChI=1S/C23H24N2O3/c1-16-13-17(10-11-24-16)18-5-4-12-25(14-18)15-19-8-9-22(28-19)20-6-2-3-7-21(20)23(26)27/h2-3,6-11,13,18H,4-5,12,14-15H2,1H3,(H,26,27)/t18-/m0/s1. The van der Waals surface area contributed by atoms with Crippen LogP contribution in [-0.2, 0) is 6.54 Å². The highest BCUT2D eigenvalue weighted by Gasteiger charge is 2.23. The van der Waals surface area contributed by atoms with E-state index in [-0.39, 0.29) is 5.56 Å². The summed E-state index contributed by atoms with van der Waals surface area (Å²) in [7, 11) is 0. The summed E-state index contributed by atoms with van der Waals surface area (Å²) in [5, 5.41) is 9.40. The first-order chi connectivity index (χ1) is 13.6. The Morgan fingerprint density at radius 2 is 2.11 bits per heavy atom. The van der Waals surface area contributed by atoms with Gasteiger partial charge in [-0.15, -0.1) is 0 Å². The Morgan fingerprint density at radius 1 is 1.25 bits per heavy atom. The summed E-state index contributed by atoms with van der Waals surface area (Å²) < 4.78 is 6.01. The number of rotatable bonds is 5. The maximum atomic E-state index is 11.5. The summed E-state index contributed by atoms with van der Waals surface area (Å²) in [5.41, 5.74) is 3.29. The second kappa shape index (κ2) is 7.98. The van der Waals surface area contributed by atoms with Crippen LogP contribution >= 0.6 is 0 Å². The molecule has 1 fully saturated rings. The van der Waals surface area contributed by atoms with Crippen molar-refractivity contribution >= 4 is 5.97 Å². The number of furan rings is 1. The van der Waals surface area contributed by atoms with Gasteiger partial charge in [0.15, 0.2) is 0 Å². The molecule has 3 aromatic rings. The number of aromatic nitrogens is 1. The highest BCUT2D eigenvalue weighted by molar-refractivity contribution is 5.95. The lowest BCUT2D eigenvalue weighted by Gasteiger charge is -2.32. The van der Waals surface area contributed by atoms with E-state index in [2.05, 4.69) is 22.0 Å². The van der Waals surface area contributed by atoms with E-state index in [9.17, 15) is 9.90 Å². The van der Waals surface area contributed by atoms with Crippen molar-refractivity contribution in [1.29, 1.82) is 0 Å². The molecule has 1 atom stereocenters. The molecule has 1 N–H and O–H groups in total. The second-order valence-electron chi connectivity index (χ2n) is 7.42. The van der Waals surface area contributed by atoms with Gasteiger partial charge >= 0.3 is 5.97 Å². The normalized spacial score (nSPS) is 17.5. The number of likely N-dealkylation sites (tertiary alicyclic amines) is 1. The molecule has 5 heteroatoms. The second-order valence-corrected chi connectivity index (χ2v) is 7.42. The van der Waals surface area contributed by atoms with Gasteiger partial charge in [-0.2, -0.15) is 0 Å². The summed E-state index contributed by atoms with van der Waals surface area (Å²) in [6.45, 7) is 4.80. The predicted octanol–water partition coefficient (Wildman–Crippen LogP) is 4.73. The predicted molar refractivity (Wildman–Crippen MR) is 107 cm³/mol. The lowest BCUT2D eigenvalue weighted by Crippen LogP contribution is -2.33. The van der Waals surface area contributed by atoms with Crippen LogP contribution in [-0.4, -0.2) is 34.0 Å². The quantitative estimate of drug-likeness (QED) is 0.697. The largest absolute Gasteiger partial charge is 0.478 e. The van der Waals surface area contributed by atoms with Crippen molar-refractivity contribution in [2.24, 2.45) is 0 Å². The molecular formula is C23H24N2O3. The molecule has 1 aliphatic rings. The van der Waals surface area contributed by atoms with E-state index in [0.29, 0.717) is 17.2 Å². The van der Waals surface area contributed by atoms with Crippen LogP contribution in [0.4, 0.5) is 0 Å². The number of pyridine rings is 1. The molecule has 0 spiro atoms. The van der Waals surface area contributed by atoms with Crippen LogP contribution in [0.5, 0.6) is 0 Å². The number of nitrogens with zero attached hydrogens (tertiary/aromatic N) is 2. The molecule has 5 nitrogen and oxygen atoms in total. The Balaban J connectivity index is 1.48. The van der Waals surface area contributed by atoms with E-state index in [1.807, 2.05) is 31.3 Å². The Hall–Kier alpha value is -2.92. The van der Waals surface area contributed by atoms with Crippen LogP contribution in [0.3, 0.4) is 0 Å². The summed E-state index contributed by atoms with van der Waals surface area (Å²) in [6, 6.07) is 15.1. The summed E-state index contributed by atoms with van der Waals surface area (Å²) >= 11 is 0. The molecule has 0 unspecified atom stereocenters. The molecule has 0 bridgehead atoms. The first kappa shape index (κ1) is 18.4. The van der Waals surface area contributed by atoms with Crippen LogP contribution in [0.2, 0.25) is 0 Å². The first-order valence-electron chi connectivity index (χ1n) is 9.66. The molecule has 4 rings (SSSR count). The molecule has 3 heterocycles. The number of benzene rings is 1. The number of hydrogen-bond acceptors (Lipinski definition) is 4. The summed E-state index contributed by atoms with van der Waals surface area (Å²) in [5.74, 6) is 1.03. The van der Waals surface area contributed by atoms with Gasteiger partial charge in [-0.25, -0.2) is 4.79 Å². The van der Waals surface area contributed by atoms with Crippen LogP contribution < -0.4 is 0 Å². The molecule has 144 valence electrons. The smallest absolute Gasteiger partial charge is 0.336 e. The van der Waals surface area contributed by atoms with Crippen molar-refractivity contribution in [2.45, 2.75) is 32.2 Å². The van der Waals surface area contributed by atoms with Gasteiger partial charge in [-0.05, 0) is 68.1 Å². The fraction of sp³-hybridized carbons (Fsp3) is 0.304. The van der Waals surface area contributed by atoms with Crippen LogP contribution in [0, 0.1) is 6.92 Å². The van der Waals surface area contributed by atoms with Crippen LogP contribution in [0.25, 0.3) is 11.3 Å². The molecule has 1 saturated heterocycles. The van der Waals surface area contributed by atoms with Crippen LogP contribution in [0.1, 0.15) is 46.1 Å². The number of aryl methyl sites for hydroxylation is 1. The summed E-state index contributed by atoms with van der Waals surface area (Å²) in [4.78, 5) is 18.2. The van der Waals surface area contributed by atoms with E-state index in [1.54, 1.807) is 18.2 Å². The molecule has 0 radical (unpaired) electrons. The fourth-order valence-electron chi connectivity index (χ4n) is 4.01. The number of carboxylic acids is 1. The Kier molecular flexibility index (Phi) is 5.26. The molecule has 1 aromatic carbocycles. The maximum absolute atomic E-state index is 11.5. The highest BCUT2D eigenvalue weighted by Crippen LogP contribution is 2.30. The van der Waals surface area contributed by atoms with Gasteiger partial charge < -0.3 is 9.52 Å². The van der Waals surface area contributed by atoms with Crippen LogP contribution in [0.15, 0.2) is 59.1 Å². The zero-order valence-corrected chi connectivity index (χ0v) is 16.0. The first-order valence-corrected chi connectivity index (χ1v) is 9.66. The topological polar surface area (TPSA) is 66.6 Å². The number of piperidine rings is 1. The van der Waals surface area contributed by atoms with Gasteiger partial charge in [0.2, 0.25) is 0 Å². The van der Waals surface area contributed by atoms with E-state index in [0.717, 1.165) is 37.5 Å². The third-order valence-corrected chi connectivity index (χ3v) is 5.36.